The maximum absolute atomic E-state index is 13.2. The van der Waals surface area contributed by atoms with Crippen molar-refractivity contribution in [3.63, 3.8) is 0 Å². The van der Waals surface area contributed by atoms with Gasteiger partial charge in [0.05, 0.1) is 5.92 Å². The molecule has 0 aliphatic heterocycles. The Balaban J connectivity index is 2.14. The highest BCUT2D eigenvalue weighted by molar-refractivity contribution is 6.30. The Labute approximate surface area is 165 Å². The molecular formula is C20H19ClF4O3. The molecule has 0 aliphatic rings. The maximum Gasteiger partial charge on any atom is 0.461 e. The minimum absolute atomic E-state index is 0.0507. The van der Waals surface area contributed by atoms with Crippen LogP contribution in [0.3, 0.4) is 0 Å². The topological polar surface area (TPSA) is 35.5 Å². The van der Waals surface area contributed by atoms with E-state index in [-0.39, 0.29) is 11.5 Å². The summed E-state index contributed by atoms with van der Waals surface area (Å²) < 4.78 is 60.6. The summed E-state index contributed by atoms with van der Waals surface area (Å²) in [5.41, 5.74) is 0.743. The molecule has 8 heteroatoms. The summed E-state index contributed by atoms with van der Waals surface area (Å²) in [4.78, 5) is 12.6. The molecule has 0 spiro atoms. The number of carbonyl (C=O) groups is 1. The molecule has 1 atom stereocenters. The van der Waals surface area contributed by atoms with Crippen LogP contribution in [0.4, 0.5) is 17.6 Å². The predicted octanol–water partition coefficient (Wildman–Crippen LogP) is 6.06. The van der Waals surface area contributed by atoms with Crippen molar-refractivity contribution in [1.82, 2.24) is 0 Å². The molecule has 0 fully saturated rings. The molecule has 0 heterocycles. The van der Waals surface area contributed by atoms with E-state index in [2.05, 4.69) is 4.74 Å². The SMILES string of the molecule is CC(C)C(C(=O)OCc1ccccc1OC(F)(F)C(F)F)c1ccc(Cl)cc1. The number of hydrogen-bond acceptors (Lipinski definition) is 3. The van der Waals surface area contributed by atoms with E-state index in [1.54, 1.807) is 24.3 Å². The molecule has 0 N–H and O–H groups in total. The van der Waals surface area contributed by atoms with Gasteiger partial charge in [-0.05, 0) is 29.7 Å². The number of halogens is 5. The van der Waals surface area contributed by atoms with Gasteiger partial charge < -0.3 is 9.47 Å². The van der Waals surface area contributed by atoms with E-state index in [1.165, 1.54) is 18.2 Å². The van der Waals surface area contributed by atoms with Crippen LogP contribution < -0.4 is 4.74 Å². The van der Waals surface area contributed by atoms with Crippen molar-refractivity contribution in [2.75, 3.05) is 0 Å². The van der Waals surface area contributed by atoms with Gasteiger partial charge in [-0.3, -0.25) is 4.79 Å². The molecule has 2 aromatic carbocycles. The summed E-state index contributed by atoms with van der Waals surface area (Å²) in [6, 6.07) is 12.0. The average molecular weight is 419 g/mol. The summed E-state index contributed by atoms with van der Waals surface area (Å²) in [5.74, 6) is -1.77. The van der Waals surface area contributed by atoms with Crippen LogP contribution in [0.25, 0.3) is 0 Å². The maximum atomic E-state index is 13.2. The number of rotatable bonds is 8. The van der Waals surface area contributed by atoms with Crippen molar-refractivity contribution in [3.8, 4) is 5.75 Å². The highest BCUT2D eigenvalue weighted by Gasteiger charge is 2.44. The second-order valence-electron chi connectivity index (χ2n) is 6.45. The van der Waals surface area contributed by atoms with E-state index in [0.29, 0.717) is 10.6 Å². The molecule has 0 saturated carbocycles. The second-order valence-corrected chi connectivity index (χ2v) is 6.89. The molecule has 2 aromatic rings. The predicted molar refractivity (Wildman–Crippen MR) is 96.8 cm³/mol. The number of ether oxygens (including phenoxy) is 2. The van der Waals surface area contributed by atoms with Gasteiger partial charge in [-0.25, -0.2) is 0 Å². The second kappa shape index (κ2) is 9.28. The van der Waals surface area contributed by atoms with E-state index in [9.17, 15) is 22.4 Å². The number of hydrogen-bond donors (Lipinski definition) is 0. The lowest BCUT2D eigenvalue weighted by Gasteiger charge is -2.21. The van der Waals surface area contributed by atoms with Crippen LogP contribution in [0, 0.1) is 5.92 Å². The largest absolute Gasteiger partial charge is 0.461 e. The van der Waals surface area contributed by atoms with Crippen LogP contribution >= 0.6 is 11.6 Å². The Bertz CT molecular complexity index is 794. The molecular weight excluding hydrogens is 400 g/mol. The van der Waals surface area contributed by atoms with Crippen LogP contribution in [0.15, 0.2) is 48.5 Å². The summed E-state index contributed by atoms with van der Waals surface area (Å²) in [5, 5.41) is 0.519. The molecule has 1 unspecified atom stereocenters. The number of para-hydroxylation sites is 1. The van der Waals surface area contributed by atoms with Crippen molar-refractivity contribution in [2.24, 2.45) is 5.92 Å². The van der Waals surface area contributed by atoms with Gasteiger partial charge in [0.2, 0.25) is 0 Å². The molecule has 3 nitrogen and oxygen atoms in total. The minimum Gasteiger partial charge on any atom is -0.460 e. The monoisotopic (exact) mass is 418 g/mol. The van der Waals surface area contributed by atoms with Gasteiger partial charge in [0.25, 0.3) is 0 Å². The normalized spacial score (nSPS) is 12.9. The molecule has 152 valence electrons. The summed E-state index contributed by atoms with van der Waals surface area (Å²) in [6.07, 6.45) is -8.64. The third-order valence-electron chi connectivity index (χ3n) is 3.99. The van der Waals surface area contributed by atoms with Crippen molar-refractivity contribution in [2.45, 2.75) is 38.9 Å². The first kappa shape index (κ1) is 22.0. The van der Waals surface area contributed by atoms with Gasteiger partial charge in [-0.2, -0.15) is 17.6 Å². The first-order valence-electron chi connectivity index (χ1n) is 8.46. The fraction of sp³-hybridized carbons (Fsp3) is 0.350. The lowest BCUT2D eigenvalue weighted by Crippen LogP contribution is -2.33. The molecule has 0 aromatic heterocycles. The summed E-state index contributed by atoms with van der Waals surface area (Å²) in [7, 11) is 0. The van der Waals surface area contributed by atoms with Crippen LogP contribution in [0.2, 0.25) is 5.02 Å². The molecule has 28 heavy (non-hydrogen) atoms. The van der Waals surface area contributed by atoms with Crippen LogP contribution in [-0.4, -0.2) is 18.5 Å². The van der Waals surface area contributed by atoms with Crippen molar-refractivity contribution in [1.29, 1.82) is 0 Å². The van der Waals surface area contributed by atoms with Crippen LogP contribution in [0.1, 0.15) is 30.9 Å². The number of esters is 1. The van der Waals surface area contributed by atoms with Gasteiger partial charge in [0.15, 0.2) is 0 Å². The van der Waals surface area contributed by atoms with Gasteiger partial charge in [-0.15, -0.1) is 0 Å². The molecule has 2 rings (SSSR count). The van der Waals surface area contributed by atoms with E-state index in [4.69, 9.17) is 16.3 Å². The van der Waals surface area contributed by atoms with E-state index >= 15 is 0 Å². The Morgan fingerprint density at radius 2 is 1.68 bits per heavy atom. The molecule has 0 bridgehead atoms. The van der Waals surface area contributed by atoms with E-state index in [0.717, 1.165) is 6.07 Å². The first-order chi connectivity index (χ1) is 13.1. The zero-order chi connectivity index (χ0) is 20.9. The molecule has 0 radical (unpaired) electrons. The standard InChI is InChI=1S/C20H19ClF4O3/c1-12(2)17(13-7-9-15(21)10-8-13)18(26)27-11-14-5-3-4-6-16(14)28-20(24,25)19(22)23/h3-10,12,17,19H,11H2,1-2H3. The fourth-order valence-corrected chi connectivity index (χ4v) is 2.74. The van der Waals surface area contributed by atoms with Gasteiger partial charge in [-0.1, -0.05) is 55.8 Å². The molecule has 0 saturated heterocycles. The van der Waals surface area contributed by atoms with Crippen molar-refractivity contribution < 1.29 is 31.8 Å². The Hall–Kier alpha value is -2.28. The fourth-order valence-electron chi connectivity index (χ4n) is 2.62. The number of alkyl halides is 4. The summed E-state index contributed by atoms with van der Waals surface area (Å²) in [6.45, 7) is 3.27. The Morgan fingerprint density at radius 1 is 1.07 bits per heavy atom. The molecule has 0 aliphatic carbocycles. The zero-order valence-corrected chi connectivity index (χ0v) is 15.9. The van der Waals surface area contributed by atoms with Gasteiger partial charge in [0, 0.05) is 10.6 Å². The smallest absolute Gasteiger partial charge is 0.460 e. The zero-order valence-electron chi connectivity index (χ0n) is 15.2. The lowest BCUT2D eigenvalue weighted by atomic mass is 9.88. The third kappa shape index (κ3) is 5.61. The van der Waals surface area contributed by atoms with Crippen LogP contribution in [0.5, 0.6) is 5.75 Å². The van der Waals surface area contributed by atoms with E-state index in [1.807, 2.05) is 13.8 Å². The average Bonchev–Trinajstić information content (AvgIpc) is 2.62. The number of benzene rings is 2. The van der Waals surface area contributed by atoms with Crippen molar-refractivity contribution in [3.05, 3.63) is 64.7 Å². The summed E-state index contributed by atoms with van der Waals surface area (Å²) >= 11 is 5.86. The highest BCUT2D eigenvalue weighted by atomic mass is 35.5. The van der Waals surface area contributed by atoms with Gasteiger partial charge >= 0.3 is 18.5 Å². The van der Waals surface area contributed by atoms with E-state index < -0.39 is 36.8 Å². The van der Waals surface area contributed by atoms with Crippen LogP contribution in [-0.2, 0) is 16.1 Å². The lowest BCUT2D eigenvalue weighted by molar-refractivity contribution is -0.253. The quantitative estimate of drug-likeness (QED) is 0.386. The third-order valence-corrected chi connectivity index (χ3v) is 4.24. The minimum atomic E-state index is -4.65. The number of carbonyl (C=O) groups excluding carboxylic acids is 1. The Morgan fingerprint density at radius 3 is 2.25 bits per heavy atom. The first-order valence-corrected chi connectivity index (χ1v) is 8.84. The Kier molecular flexibility index (Phi) is 7.29. The van der Waals surface area contributed by atoms with Crippen molar-refractivity contribution >= 4 is 17.6 Å². The highest BCUT2D eigenvalue weighted by Crippen LogP contribution is 2.31. The molecule has 0 amide bonds. The van der Waals surface area contributed by atoms with Gasteiger partial charge in [0.1, 0.15) is 12.4 Å².